The van der Waals surface area contributed by atoms with Crippen LogP contribution in [0.2, 0.25) is 0 Å². The van der Waals surface area contributed by atoms with Crippen LogP contribution in [0.3, 0.4) is 0 Å². The van der Waals surface area contributed by atoms with Gasteiger partial charge >= 0.3 is 0 Å². The summed E-state index contributed by atoms with van der Waals surface area (Å²) in [6.45, 7) is 10.2. The maximum atomic E-state index is 5.88. The maximum absolute atomic E-state index is 5.88. The smallest absolute Gasteiger partial charge is 0.134 e. The number of likely N-dealkylation sites (N-methyl/N-ethyl adjacent to an activating group) is 1. The first kappa shape index (κ1) is 14.7. The van der Waals surface area contributed by atoms with Crippen LogP contribution in [0.4, 0.5) is 11.6 Å². The molecule has 0 unspecified atom stereocenters. The zero-order valence-corrected chi connectivity index (χ0v) is 12.1. The van der Waals surface area contributed by atoms with Gasteiger partial charge in [0.25, 0.3) is 0 Å². The highest BCUT2D eigenvalue weighted by Gasteiger charge is 2.08. The minimum absolute atomic E-state index is 0.551. The van der Waals surface area contributed by atoms with Crippen molar-refractivity contribution in [1.82, 2.24) is 14.9 Å². The Balaban J connectivity index is 2.64. The van der Waals surface area contributed by atoms with E-state index in [1.807, 2.05) is 13.8 Å². The molecule has 3 N–H and O–H groups in total. The minimum atomic E-state index is 0.551. The Hall–Kier alpha value is -1.36. The highest BCUT2D eigenvalue weighted by molar-refractivity contribution is 5.54. The van der Waals surface area contributed by atoms with E-state index in [4.69, 9.17) is 5.73 Å². The predicted molar refractivity (Wildman–Crippen MR) is 76.8 cm³/mol. The molecule has 1 heterocycles. The van der Waals surface area contributed by atoms with Gasteiger partial charge in [-0.25, -0.2) is 9.97 Å². The lowest BCUT2D eigenvalue weighted by Crippen LogP contribution is -2.31. The summed E-state index contributed by atoms with van der Waals surface area (Å²) in [6, 6.07) is 0.551. The summed E-state index contributed by atoms with van der Waals surface area (Å²) in [4.78, 5) is 11.0. The third-order valence-corrected chi connectivity index (χ3v) is 3.18. The molecule has 18 heavy (non-hydrogen) atoms. The first-order chi connectivity index (χ1) is 8.45. The normalized spacial score (nSPS) is 11.3. The molecule has 0 aromatic carbocycles. The largest absolute Gasteiger partial charge is 0.383 e. The summed E-state index contributed by atoms with van der Waals surface area (Å²) in [6.07, 6.45) is 0.797. The van der Waals surface area contributed by atoms with Gasteiger partial charge in [0, 0.05) is 31.1 Å². The number of anilines is 2. The highest BCUT2D eigenvalue weighted by Crippen LogP contribution is 2.17. The average molecular weight is 251 g/mol. The molecule has 0 aliphatic rings. The number of hydrogen-bond acceptors (Lipinski definition) is 5. The van der Waals surface area contributed by atoms with Gasteiger partial charge in [0.2, 0.25) is 0 Å². The molecule has 0 amide bonds. The first-order valence-electron chi connectivity index (χ1n) is 6.52. The van der Waals surface area contributed by atoms with Gasteiger partial charge in [0.05, 0.1) is 0 Å². The fraction of sp³-hybridized carbons (Fsp3) is 0.692. The lowest BCUT2D eigenvalue weighted by Gasteiger charge is -2.21. The summed E-state index contributed by atoms with van der Waals surface area (Å²) in [5.41, 5.74) is 6.81. The molecule has 5 heteroatoms. The Kier molecular flexibility index (Phi) is 5.34. The molecule has 0 atom stereocenters. The molecule has 1 aromatic heterocycles. The van der Waals surface area contributed by atoms with Gasteiger partial charge in [-0.2, -0.15) is 0 Å². The van der Waals surface area contributed by atoms with Crippen molar-refractivity contribution in [2.45, 2.75) is 40.2 Å². The summed E-state index contributed by atoms with van der Waals surface area (Å²) >= 11 is 0. The lowest BCUT2D eigenvalue weighted by molar-refractivity contribution is 0.284. The molecule has 0 aliphatic heterocycles. The second kappa shape index (κ2) is 6.54. The molecule has 0 saturated carbocycles. The van der Waals surface area contributed by atoms with E-state index in [-0.39, 0.29) is 0 Å². The van der Waals surface area contributed by atoms with E-state index < -0.39 is 0 Å². The van der Waals surface area contributed by atoms with E-state index in [1.165, 1.54) is 0 Å². The van der Waals surface area contributed by atoms with E-state index in [2.05, 4.69) is 41.1 Å². The molecular weight excluding hydrogens is 226 g/mol. The van der Waals surface area contributed by atoms with Crippen LogP contribution in [0, 0.1) is 6.92 Å². The van der Waals surface area contributed by atoms with Crippen molar-refractivity contribution in [3.05, 3.63) is 11.4 Å². The Morgan fingerprint density at radius 2 is 2.00 bits per heavy atom. The monoisotopic (exact) mass is 251 g/mol. The molecular formula is C13H25N5. The molecule has 102 valence electrons. The van der Waals surface area contributed by atoms with Crippen LogP contribution in [0.25, 0.3) is 0 Å². The van der Waals surface area contributed by atoms with E-state index in [0.29, 0.717) is 11.9 Å². The van der Waals surface area contributed by atoms with Crippen LogP contribution in [-0.4, -0.2) is 41.0 Å². The number of nitrogens with zero attached hydrogens (tertiary/aromatic N) is 3. The van der Waals surface area contributed by atoms with E-state index >= 15 is 0 Å². The van der Waals surface area contributed by atoms with Crippen molar-refractivity contribution in [3.63, 3.8) is 0 Å². The first-order valence-corrected chi connectivity index (χ1v) is 6.52. The number of nitrogens with two attached hydrogens (primary N) is 1. The third-order valence-electron chi connectivity index (χ3n) is 3.18. The van der Waals surface area contributed by atoms with Crippen molar-refractivity contribution < 1.29 is 0 Å². The molecule has 0 fully saturated rings. The SMILES string of the molecule is CCc1nc(N)c(C)c(NCCN(C)C(C)C)n1. The van der Waals surface area contributed by atoms with Gasteiger partial charge in [-0.1, -0.05) is 6.92 Å². The van der Waals surface area contributed by atoms with Gasteiger partial charge in [-0.05, 0) is 27.8 Å². The van der Waals surface area contributed by atoms with Crippen molar-refractivity contribution in [2.24, 2.45) is 0 Å². The molecule has 0 spiro atoms. The van der Waals surface area contributed by atoms with E-state index in [0.717, 1.165) is 36.7 Å². The van der Waals surface area contributed by atoms with Gasteiger partial charge in [0.15, 0.2) is 0 Å². The lowest BCUT2D eigenvalue weighted by atomic mass is 10.3. The van der Waals surface area contributed by atoms with Crippen LogP contribution in [0.15, 0.2) is 0 Å². The Morgan fingerprint density at radius 3 is 2.56 bits per heavy atom. The second-order valence-corrected chi connectivity index (χ2v) is 4.85. The van der Waals surface area contributed by atoms with Gasteiger partial charge in [-0.15, -0.1) is 0 Å². The summed E-state index contributed by atoms with van der Waals surface area (Å²) in [5, 5.41) is 3.34. The Bertz CT molecular complexity index is 389. The maximum Gasteiger partial charge on any atom is 0.134 e. The van der Waals surface area contributed by atoms with Crippen molar-refractivity contribution in [1.29, 1.82) is 0 Å². The Labute approximate surface area is 110 Å². The second-order valence-electron chi connectivity index (χ2n) is 4.85. The van der Waals surface area contributed by atoms with Crippen molar-refractivity contribution in [2.75, 3.05) is 31.2 Å². The van der Waals surface area contributed by atoms with Crippen LogP contribution in [0.5, 0.6) is 0 Å². The van der Waals surface area contributed by atoms with Crippen LogP contribution >= 0.6 is 0 Å². The van der Waals surface area contributed by atoms with Crippen molar-refractivity contribution in [3.8, 4) is 0 Å². The van der Waals surface area contributed by atoms with Crippen LogP contribution in [0.1, 0.15) is 32.2 Å². The number of rotatable bonds is 6. The molecule has 0 aliphatic carbocycles. The van der Waals surface area contributed by atoms with Gasteiger partial charge < -0.3 is 16.0 Å². The van der Waals surface area contributed by atoms with E-state index in [9.17, 15) is 0 Å². The molecule has 0 saturated heterocycles. The number of nitrogen functional groups attached to an aromatic ring is 1. The molecule has 5 nitrogen and oxygen atoms in total. The van der Waals surface area contributed by atoms with Crippen molar-refractivity contribution >= 4 is 11.6 Å². The number of aromatic nitrogens is 2. The average Bonchev–Trinajstić information content (AvgIpc) is 2.33. The summed E-state index contributed by atoms with van der Waals surface area (Å²) in [7, 11) is 2.12. The number of hydrogen-bond donors (Lipinski definition) is 2. The molecule has 1 aromatic rings. The number of aryl methyl sites for hydroxylation is 1. The highest BCUT2D eigenvalue weighted by atomic mass is 15.1. The number of nitrogens with one attached hydrogen (secondary N) is 1. The predicted octanol–water partition coefficient (Wildman–Crippen LogP) is 1.68. The molecule has 0 radical (unpaired) electrons. The van der Waals surface area contributed by atoms with E-state index in [1.54, 1.807) is 0 Å². The minimum Gasteiger partial charge on any atom is -0.383 e. The summed E-state index contributed by atoms with van der Waals surface area (Å²) < 4.78 is 0. The standard InChI is InChI=1S/C13H25N5/c1-6-11-16-12(14)10(4)13(17-11)15-7-8-18(5)9(2)3/h9H,6-8H2,1-5H3,(H3,14,15,16,17). The van der Waals surface area contributed by atoms with Gasteiger partial charge in [-0.3, -0.25) is 0 Å². The topological polar surface area (TPSA) is 67.1 Å². The Morgan fingerprint density at radius 1 is 1.33 bits per heavy atom. The van der Waals surface area contributed by atoms with Crippen LogP contribution < -0.4 is 11.1 Å². The summed E-state index contributed by atoms with van der Waals surface area (Å²) in [5.74, 6) is 2.22. The molecule has 1 rings (SSSR count). The molecule has 0 bridgehead atoms. The zero-order chi connectivity index (χ0) is 13.7. The van der Waals surface area contributed by atoms with Crippen LogP contribution in [-0.2, 0) is 6.42 Å². The quantitative estimate of drug-likeness (QED) is 0.805. The zero-order valence-electron chi connectivity index (χ0n) is 12.1. The fourth-order valence-electron chi connectivity index (χ4n) is 1.52. The third kappa shape index (κ3) is 3.84. The fourth-order valence-corrected chi connectivity index (χ4v) is 1.52. The van der Waals surface area contributed by atoms with Gasteiger partial charge in [0.1, 0.15) is 17.5 Å².